The third-order valence-electron chi connectivity index (χ3n) is 6.55. The summed E-state index contributed by atoms with van der Waals surface area (Å²) in [6, 6.07) is 10.4. The Bertz CT molecular complexity index is 1200. The van der Waals surface area contributed by atoms with Crippen LogP contribution in [-0.2, 0) is 9.59 Å². The van der Waals surface area contributed by atoms with Gasteiger partial charge in [0.25, 0.3) is 17.7 Å². The van der Waals surface area contributed by atoms with Crippen LogP contribution in [0.1, 0.15) is 27.1 Å². The van der Waals surface area contributed by atoms with Crippen LogP contribution in [0.15, 0.2) is 54.6 Å². The van der Waals surface area contributed by atoms with Crippen molar-refractivity contribution < 1.29 is 19.2 Å². The molecule has 9 heteroatoms. The number of allylic oxidation sites excluding steroid dienone is 2. The van der Waals surface area contributed by atoms with E-state index in [1.54, 1.807) is 12.1 Å². The maximum absolute atomic E-state index is 13.5. The number of nitrogens with zero attached hydrogens (tertiary/aromatic N) is 2. The van der Waals surface area contributed by atoms with Crippen molar-refractivity contribution in [1.82, 2.24) is 10.0 Å². The SMILES string of the molecule is O=C(CN(C(=O)c1ccc(Cl)c(Cl)c1)N1C(=O)[C@@H]2[C@@H](C1=O)[C@H]1C=C[C@H]2C1)c1ccc(Cl)cc1. The van der Waals surface area contributed by atoms with Gasteiger partial charge in [-0.25, -0.2) is 5.01 Å². The first-order valence-corrected chi connectivity index (χ1v) is 11.5. The van der Waals surface area contributed by atoms with E-state index in [1.807, 2.05) is 12.2 Å². The average molecular weight is 504 g/mol. The van der Waals surface area contributed by atoms with E-state index in [-0.39, 0.29) is 27.4 Å². The summed E-state index contributed by atoms with van der Waals surface area (Å²) in [6.07, 6.45) is 4.68. The molecule has 0 unspecified atom stereocenters. The van der Waals surface area contributed by atoms with Gasteiger partial charge in [-0.2, -0.15) is 5.01 Å². The molecule has 2 aromatic rings. The van der Waals surface area contributed by atoms with Gasteiger partial charge in [-0.3, -0.25) is 19.2 Å². The lowest BCUT2D eigenvalue weighted by molar-refractivity contribution is -0.154. The van der Waals surface area contributed by atoms with E-state index in [2.05, 4.69) is 0 Å². The Morgan fingerprint density at radius 3 is 2.00 bits per heavy atom. The largest absolute Gasteiger partial charge is 0.292 e. The molecule has 0 radical (unpaired) electrons. The van der Waals surface area contributed by atoms with Crippen molar-refractivity contribution >= 4 is 58.3 Å². The Morgan fingerprint density at radius 1 is 0.848 bits per heavy atom. The fourth-order valence-electron chi connectivity index (χ4n) is 5.00. The minimum absolute atomic E-state index is 0.0321. The van der Waals surface area contributed by atoms with Gasteiger partial charge >= 0.3 is 0 Å². The third kappa shape index (κ3) is 3.66. The number of imide groups is 1. The van der Waals surface area contributed by atoms with Crippen LogP contribution in [-0.4, -0.2) is 40.1 Å². The molecule has 2 aromatic carbocycles. The van der Waals surface area contributed by atoms with Crippen molar-refractivity contribution in [1.29, 1.82) is 0 Å². The summed E-state index contributed by atoms with van der Waals surface area (Å²) in [5, 5.41) is 2.64. The highest BCUT2D eigenvalue weighted by molar-refractivity contribution is 6.42. The summed E-state index contributed by atoms with van der Waals surface area (Å²) < 4.78 is 0. The van der Waals surface area contributed by atoms with Crippen molar-refractivity contribution in [3.8, 4) is 0 Å². The Morgan fingerprint density at radius 2 is 1.42 bits per heavy atom. The Balaban J connectivity index is 1.51. The lowest BCUT2D eigenvalue weighted by atomic mass is 9.85. The molecule has 168 valence electrons. The summed E-state index contributed by atoms with van der Waals surface area (Å²) in [5.74, 6) is -3.15. The zero-order valence-corrected chi connectivity index (χ0v) is 19.3. The highest BCUT2D eigenvalue weighted by atomic mass is 35.5. The van der Waals surface area contributed by atoms with E-state index >= 15 is 0 Å². The predicted octanol–water partition coefficient (Wildman–Crippen LogP) is 4.69. The first-order valence-electron chi connectivity index (χ1n) is 10.4. The van der Waals surface area contributed by atoms with Gasteiger partial charge < -0.3 is 0 Å². The van der Waals surface area contributed by atoms with Crippen LogP contribution in [0.5, 0.6) is 0 Å². The number of ketones is 1. The second-order valence-corrected chi connectivity index (χ2v) is 9.66. The number of rotatable bonds is 5. The minimum atomic E-state index is -0.696. The van der Waals surface area contributed by atoms with Crippen LogP contribution >= 0.6 is 34.8 Å². The molecule has 3 aliphatic rings. The fourth-order valence-corrected chi connectivity index (χ4v) is 5.42. The first-order chi connectivity index (χ1) is 15.8. The number of amides is 3. The summed E-state index contributed by atoms with van der Waals surface area (Å²) in [5.41, 5.74) is 0.402. The summed E-state index contributed by atoms with van der Waals surface area (Å²) in [4.78, 5) is 53.2. The van der Waals surface area contributed by atoms with E-state index in [9.17, 15) is 19.2 Å². The molecular weight excluding hydrogens is 487 g/mol. The molecule has 33 heavy (non-hydrogen) atoms. The number of hydrogen-bond donors (Lipinski definition) is 0. The topological polar surface area (TPSA) is 74.8 Å². The standard InChI is InChI=1S/C24H17Cl3N2O4/c25-16-6-3-12(4-7-16)19(30)11-28(22(31)15-5-8-17(26)18(27)10-15)29-23(32)20-13-1-2-14(9-13)21(20)24(29)33/h1-8,10,13-14,20-21H,9,11H2/t13-,14-,20-,21-/m0/s1. The normalized spacial score (nSPS) is 25.0. The van der Waals surface area contributed by atoms with Crippen molar-refractivity contribution in [2.45, 2.75) is 6.42 Å². The number of hydrogen-bond acceptors (Lipinski definition) is 4. The van der Waals surface area contributed by atoms with Gasteiger partial charge in [-0.1, -0.05) is 47.0 Å². The summed E-state index contributed by atoms with van der Waals surface area (Å²) >= 11 is 18.0. The molecule has 0 N–H and O–H groups in total. The van der Waals surface area contributed by atoms with Crippen molar-refractivity contribution in [2.24, 2.45) is 23.7 Å². The van der Waals surface area contributed by atoms with E-state index in [1.165, 1.54) is 30.3 Å². The van der Waals surface area contributed by atoms with Crippen LogP contribution in [0.2, 0.25) is 15.1 Å². The highest BCUT2D eigenvalue weighted by Gasteiger charge is 2.61. The molecule has 4 atom stereocenters. The maximum Gasteiger partial charge on any atom is 0.273 e. The zero-order valence-electron chi connectivity index (χ0n) is 17.1. The predicted molar refractivity (Wildman–Crippen MR) is 123 cm³/mol. The van der Waals surface area contributed by atoms with E-state index in [0.717, 1.165) is 16.4 Å². The molecule has 1 saturated carbocycles. The molecule has 1 saturated heterocycles. The van der Waals surface area contributed by atoms with Gasteiger partial charge in [-0.05, 0) is 60.7 Å². The van der Waals surface area contributed by atoms with Gasteiger partial charge in [0.05, 0.1) is 21.9 Å². The third-order valence-corrected chi connectivity index (χ3v) is 7.54. The maximum atomic E-state index is 13.5. The monoisotopic (exact) mass is 502 g/mol. The van der Waals surface area contributed by atoms with Gasteiger partial charge in [0.2, 0.25) is 0 Å². The molecule has 0 spiro atoms. The smallest absolute Gasteiger partial charge is 0.273 e. The van der Waals surface area contributed by atoms with Crippen LogP contribution in [0.25, 0.3) is 0 Å². The lowest BCUT2D eigenvalue weighted by Gasteiger charge is -2.31. The Labute approximate surface area is 204 Å². The van der Waals surface area contributed by atoms with E-state index in [4.69, 9.17) is 34.8 Å². The molecule has 2 fully saturated rings. The Kier molecular flexibility index (Phi) is 5.55. The quantitative estimate of drug-likeness (QED) is 0.337. The number of benzene rings is 2. The number of carbonyl (C=O) groups is 4. The lowest BCUT2D eigenvalue weighted by Crippen LogP contribution is -2.52. The number of halogens is 3. The molecule has 0 aromatic heterocycles. The molecule has 6 nitrogen and oxygen atoms in total. The van der Waals surface area contributed by atoms with Gasteiger partial charge in [-0.15, -0.1) is 0 Å². The van der Waals surface area contributed by atoms with Crippen LogP contribution in [0.4, 0.5) is 0 Å². The van der Waals surface area contributed by atoms with Gasteiger partial charge in [0.1, 0.15) is 6.54 Å². The van der Waals surface area contributed by atoms with Crippen molar-refractivity contribution in [2.75, 3.05) is 6.54 Å². The van der Waals surface area contributed by atoms with Crippen LogP contribution in [0.3, 0.4) is 0 Å². The molecule has 1 heterocycles. The first kappa shape index (κ1) is 22.1. The zero-order chi connectivity index (χ0) is 23.4. The minimum Gasteiger partial charge on any atom is -0.292 e. The van der Waals surface area contributed by atoms with Crippen LogP contribution in [0, 0.1) is 23.7 Å². The fraction of sp³-hybridized carbons (Fsp3) is 0.250. The van der Waals surface area contributed by atoms with Gasteiger partial charge in [0.15, 0.2) is 5.78 Å². The second-order valence-electron chi connectivity index (χ2n) is 8.41. The average Bonchev–Trinajstić information content (AvgIpc) is 3.48. The Hall–Kier alpha value is -2.67. The van der Waals surface area contributed by atoms with Crippen LogP contribution < -0.4 is 0 Å². The number of hydrazine groups is 1. The van der Waals surface area contributed by atoms with E-state index in [0.29, 0.717) is 10.6 Å². The second kappa shape index (κ2) is 8.28. The highest BCUT2D eigenvalue weighted by Crippen LogP contribution is 2.52. The molecule has 5 rings (SSSR count). The summed E-state index contributed by atoms with van der Waals surface area (Å²) in [6.45, 7) is -0.500. The number of Topliss-reactive ketones (excluding diaryl/α,β-unsaturated/α-hetero) is 1. The molecular formula is C24H17Cl3N2O4. The number of carbonyl (C=O) groups excluding carboxylic acids is 4. The van der Waals surface area contributed by atoms with Gasteiger partial charge in [0, 0.05) is 16.1 Å². The van der Waals surface area contributed by atoms with Crippen molar-refractivity contribution in [3.05, 3.63) is 80.8 Å². The summed E-state index contributed by atoms with van der Waals surface area (Å²) in [7, 11) is 0. The molecule has 3 amide bonds. The van der Waals surface area contributed by atoms with E-state index < -0.39 is 41.9 Å². The molecule has 1 aliphatic heterocycles. The number of fused-ring (bicyclic) bond motifs is 5. The van der Waals surface area contributed by atoms with Crippen molar-refractivity contribution in [3.63, 3.8) is 0 Å². The molecule has 2 bridgehead atoms. The molecule has 2 aliphatic carbocycles.